The third-order valence-electron chi connectivity index (χ3n) is 6.54. The van der Waals surface area contributed by atoms with Gasteiger partial charge < -0.3 is 0 Å². The van der Waals surface area contributed by atoms with Gasteiger partial charge in [0.2, 0.25) is 0 Å². The maximum Gasteiger partial charge on any atom is 0.0236 e. The summed E-state index contributed by atoms with van der Waals surface area (Å²) in [5, 5.41) is 0. The van der Waals surface area contributed by atoms with Gasteiger partial charge in [0.25, 0.3) is 0 Å². The van der Waals surface area contributed by atoms with E-state index in [4.69, 9.17) is 0 Å². The lowest BCUT2D eigenvalue weighted by Gasteiger charge is -2.28. The summed E-state index contributed by atoms with van der Waals surface area (Å²) >= 11 is 0. The Balaban J connectivity index is 1.30. The molecule has 0 amide bonds. The van der Waals surface area contributed by atoms with E-state index in [-0.39, 0.29) is 0 Å². The van der Waals surface area contributed by atoms with E-state index < -0.39 is 0 Å². The first kappa shape index (κ1) is 23.5. The fourth-order valence-electron chi connectivity index (χ4n) is 4.63. The Morgan fingerprint density at radius 2 is 1.07 bits per heavy atom. The van der Waals surface area contributed by atoms with E-state index in [1.54, 1.807) is 11.1 Å². The summed E-state index contributed by atoms with van der Waals surface area (Å²) in [6, 6.07) is 9.00. The molecule has 1 aromatic rings. The molecule has 1 heteroatoms. The highest BCUT2D eigenvalue weighted by molar-refractivity contribution is 5.28. The molecule has 0 radical (unpaired) electrons. The Hall–Kier alpha value is -0.820. The maximum atomic E-state index is 2.66. The minimum atomic E-state index is 1.18. The van der Waals surface area contributed by atoms with Crippen molar-refractivity contribution in [3.63, 3.8) is 0 Å². The van der Waals surface area contributed by atoms with Crippen molar-refractivity contribution in [2.75, 3.05) is 13.1 Å². The van der Waals surface area contributed by atoms with Crippen LogP contribution < -0.4 is 0 Å². The molecule has 0 aromatic heterocycles. The first-order chi connectivity index (χ1) is 13.9. The molecular formula is C27H47N. The van der Waals surface area contributed by atoms with Crippen molar-refractivity contribution < 1.29 is 0 Å². The molecule has 1 nitrogen and oxygen atoms in total. The molecule has 2 rings (SSSR count). The van der Waals surface area contributed by atoms with Crippen molar-refractivity contribution in [3.8, 4) is 0 Å². The predicted octanol–water partition coefficient (Wildman–Crippen LogP) is 8.31. The molecule has 0 spiro atoms. The Kier molecular flexibility index (Phi) is 13.4. The Bertz CT molecular complexity index is 481. The Morgan fingerprint density at radius 3 is 1.61 bits per heavy atom. The Morgan fingerprint density at radius 1 is 0.607 bits per heavy atom. The number of hydrogen-bond donors (Lipinski definition) is 0. The topological polar surface area (TPSA) is 3.24 Å². The summed E-state index contributed by atoms with van der Waals surface area (Å²) in [5.74, 6) is 0. The molecule has 0 N–H and O–H groups in total. The highest BCUT2D eigenvalue weighted by atomic mass is 15.1. The number of hydrogen-bond acceptors (Lipinski definition) is 1. The maximum absolute atomic E-state index is 2.66. The van der Waals surface area contributed by atoms with Crippen LogP contribution in [0.2, 0.25) is 0 Å². The predicted molar refractivity (Wildman–Crippen MR) is 125 cm³/mol. The van der Waals surface area contributed by atoms with Crippen LogP contribution in [0.1, 0.15) is 121 Å². The fraction of sp³-hybridized carbons (Fsp3) is 0.778. The quantitative estimate of drug-likeness (QED) is 0.244. The average molecular weight is 386 g/mol. The van der Waals surface area contributed by atoms with Crippen molar-refractivity contribution in [2.24, 2.45) is 0 Å². The van der Waals surface area contributed by atoms with Gasteiger partial charge >= 0.3 is 0 Å². The third-order valence-corrected chi connectivity index (χ3v) is 6.54. The zero-order valence-electron chi connectivity index (χ0n) is 18.9. The van der Waals surface area contributed by atoms with E-state index in [9.17, 15) is 0 Å². The molecule has 1 aliphatic rings. The van der Waals surface area contributed by atoms with E-state index in [1.165, 1.54) is 129 Å². The lowest BCUT2D eigenvalue weighted by molar-refractivity contribution is 0.248. The van der Waals surface area contributed by atoms with Crippen molar-refractivity contribution in [2.45, 2.75) is 123 Å². The molecule has 0 saturated heterocycles. The van der Waals surface area contributed by atoms with Crippen LogP contribution >= 0.6 is 0 Å². The summed E-state index contributed by atoms with van der Waals surface area (Å²) in [4.78, 5) is 2.66. The van der Waals surface area contributed by atoms with E-state index >= 15 is 0 Å². The van der Waals surface area contributed by atoms with Crippen LogP contribution in [0.25, 0.3) is 0 Å². The van der Waals surface area contributed by atoms with E-state index in [0.717, 1.165) is 0 Å². The van der Waals surface area contributed by atoms with Crippen LogP contribution in [-0.2, 0) is 13.0 Å². The second-order valence-electron chi connectivity index (χ2n) is 9.10. The SMILES string of the molecule is CCCCCCCCCCCCCCCCCCN1CCc2ccccc2C1. The summed E-state index contributed by atoms with van der Waals surface area (Å²) in [6.45, 7) is 6.03. The molecule has 0 fully saturated rings. The molecule has 0 bridgehead atoms. The number of rotatable bonds is 17. The van der Waals surface area contributed by atoms with Gasteiger partial charge in [-0.2, -0.15) is 0 Å². The van der Waals surface area contributed by atoms with E-state index in [1.807, 2.05) is 0 Å². The van der Waals surface area contributed by atoms with Gasteiger partial charge in [-0.25, -0.2) is 0 Å². The fourth-order valence-corrected chi connectivity index (χ4v) is 4.63. The lowest BCUT2D eigenvalue weighted by Crippen LogP contribution is -2.31. The number of benzene rings is 1. The smallest absolute Gasteiger partial charge is 0.0236 e. The van der Waals surface area contributed by atoms with Gasteiger partial charge in [-0.1, -0.05) is 128 Å². The van der Waals surface area contributed by atoms with Crippen molar-refractivity contribution in [1.82, 2.24) is 4.90 Å². The third kappa shape index (κ3) is 10.6. The van der Waals surface area contributed by atoms with Gasteiger partial charge in [0.1, 0.15) is 0 Å². The van der Waals surface area contributed by atoms with Crippen LogP contribution in [0.4, 0.5) is 0 Å². The molecule has 160 valence electrons. The van der Waals surface area contributed by atoms with Crippen molar-refractivity contribution in [1.29, 1.82) is 0 Å². The summed E-state index contributed by atoms with van der Waals surface area (Å²) in [6.07, 6.45) is 24.5. The summed E-state index contributed by atoms with van der Waals surface area (Å²) < 4.78 is 0. The highest BCUT2D eigenvalue weighted by Crippen LogP contribution is 2.19. The Labute approximate surface area is 176 Å². The molecule has 1 aromatic carbocycles. The molecule has 0 atom stereocenters. The minimum absolute atomic E-state index is 1.18. The van der Waals surface area contributed by atoms with Crippen molar-refractivity contribution >= 4 is 0 Å². The molecule has 1 heterocycles. The summed E-state index contributed by atoms with van der Waals surface area (Å²) in [5.41, 5.74) is 3.14. The van der Waals surface area contributed by atoms with Gasteiger partial charge in [0.05, 0.1) is 0 Å². The molecule has 0 aliphatic carbocycles. The van der Waals surface area contributed by atoms with Crippen LogP contribution in [-0.4, -0.2) is 18.0 Å². The van der Waals surface area contributed by atoms with E-state index in [0.29, 0.717) is 0 Å². The van der Waals surface area contributed by atoms with Crippen LogP contribution in [0, 0.1) is 0 Å². The van der Waals surface area contributed by atoms with Crippen LogP contribution in [0.15, 0.2) is 24.3 Å². The monoisotopic (exact) mass is 385 g/mol. The van der Waals surface area contributed by atoms with Gasteiger partial charge in [0, 0.05) is 13.1 Å². The molecular weight excluding hydrogens is 338 g/mol. The molecule has 1 aliphatic heterocycles. The van der Waals surface area contributed by atoms with Gasteiger partial charge in [-0.15, -0.1) is 0 Å². The first-order valence-electron chi connectivity index (χ1n) is 12.7. The zero-order valence-corrected chi connectivity index (χ0v) is 18.9. The van der Waals surface area contributed by atoms with Crippen LogP contribution in [0.5, 0.6) is 0 Å². The summed E-state index contributed by atoms with van der Waals surface area (Å²) in [7, 11) is 0. The number of fused-ring (bicyclic) bond motifs is 1. The van der Waals surface area contributed by atoms with E-state index in [2.05, 4.69) is 36.1 Å². The standard InChI is InChI=1S/C27H47N/c1-2-3-4-5-6-7-8-9-10-11-12-13-14-15-16-19-23-28-24-22-26-20-17-18-21-27(26)25-28/h17-18,20-21H,2-16,19,22-25H2,1H3. The number of nitrogens with zero attached hydrogens (tertiary/aromatic N) is 1. The minimum Gasteiger partial charge on any atom is -0.299 e. The second kappa shape index (κ2) is 16.0. The highest BCUT2D eigenvalue weighted by Gasteiger charge is 2.14. The molecule has 28 heavy (non-hydrogen) atoms. The number of unbranched alkanes of at least 4 members (excludes halogenated alkanes) is 15. The molecule has 0 saturated carbocycles. The van der Waals surface area contributed by atoms with Crippen molar-refractivity contribution in [3.05, 3.63) is 35.4 Å². The van der Waals surface area contributed by atoms with Gasteiger partial charge in [-0.3, -0.25) is 4.90 Å². The average Bonchev–Trinajstić information content (AvgIpc) is 2.73. The van der Waals surface area contributed by atoms with Gasteiger partial charge in [0.15, 0.2) is 0 Å². The normalized spacial score (nSPS) is 14.3. The molecule has 0 unspecified atom stereocenters. The lowest BCUT2D eigenvalue weighted by atomic mass is 9.99. The second-order valence-corrected chi connectivity index (χ2v) is 9.10. The zero-order chi connectivity index (χ0) is 19.7. The first-order valence-corrected chi connectivity index (χ1v) is 12.7. The van der Waals surface area contributed by atoms with Crippen LogP contribution in [0.3, 0.4) is 0 Å². The van der Waals surface area contributed by atoms with Gasteiger partial charge in [-0.05, 0) is 30.5 Å². The largest absolute Gasteiger partial charge is 0.299 e.